The number of amides is 2. The van der Waals surface area contributed by atoms with E-state index in [1.165, 1.54) is 0 Å². The first kappa shape index (κ1) is 19.9. The molecule has 0 unspecified atom stereocenters. The number of carbonyl (C=O) groups excluding carboxylic acids is 2. The molecule has 29 heavy (non-hydrogen) atoms. The van der Waals surface area contributed by atoms with E-state index in [1.807, 2.05) is 40.3 Å². The maximum absolute atomic E-state index is 13.1. The average molecular weight is 397 g/mol. The molecular weight excluding hydrogens is 364 g/mol. The van der Waals surface area contributed by atoms with Gasteiger partial charge in [-0.05, 0) is 48.8 Å². The second-order valence-electron chi connectivity index (χ2n) is 9.05. The molecule has 6 heteroatoms. The molecule has 2 amide bonds. The van der Waals surface area contributed by atoms with Crippen molar-refractivity contribution in [1.82, 2.24) is 14.8 Å². The van der Waals surface area contributed by atoms with Crippen molar-refractivity contribution in [3.8, 4) is 0 Å². The number of allylic oxidation sites excluding steroid dienone is 1. The van der Waals surface area contributed by atoms with Gasteiger partial charge in [0.2, 0.25) is 11.8 Å². The van der Waals surface area contributed by atoms with Gasteiger partial charge in [-0.25, -0.2) is 4.98 Å². The minimum Gasteiger partial charge on any atom is -0.353 e. The SMILES string of the molecule is CC(C)/C=C/C(=O)N1CCC2(CC1)C[C@@H]2C(=O)N1CCN(c2ccccn2)CC1. The molecule has 3 heterocycles. The highest BCUT2D eigenvalue weighted by Crippen LogP contribution is 2.60. The number of hydrogen-bond donors (Lipinski definition) is 0. The minimum absolute atomic E-state index is 0.114. The van der Waals surface area contributed by atoms with Gasteiger partial charge < -0.3 is 14.7 Å². The normalized spacial score (nSPS) is 23.8. The molecular formula is C23H32N4O2. The summed E-state index contributed by atoms with van der Waals surface area (Å²) in [4.78, 5) is 36.0. The number of hydrogen-bond acceptors (Lipinski definition) is 4. The zero-order valence-electron chi connectivity index (χ0n) is 17.6. The molecule has 2 saturated heterocycles. The maximum atomic E-state index is 13.1. The fraction of sp³-hybridized carbons (Fsp3) is 0.609. The van der Waals surface area contributed by atoms with E-state index in [4.69, 9.17) is 0 Å². The van der Waals surface area contributed by atoms with Crippen LogP contribution in [-0.2, 0) is 9.59 Å². The van der Waals surface area contributed by atoms with Gasteiger partial charge in [0.25, 0.3) is 0 Å². The molecule has 1 aromatic rings. The van der Waals surface area contributed by atoms with E-state index in [1.54, 1.807) is 6.08 Å². The summed E-state index contributed by atoms with van der Waals surface area (Å²) in [6.45, 7) is 8.92. The van der Waals surface area contributed by atoms with Crippen LogP contribution in [0.25, 0.3) is 0 Å². The van der Waals surface area contributed by atoms with Crippen LogP contribution in [0.1, 0.15) is 33.1 Å². The average Bonchev–Trinajstić information content (AvgIpc) is 3.45. The zero-order chi connectivity index (χ0) is 20.4. The van der Waals surface area contributed by atoms with Gasteiger partial charge in [-0.3, -0.25) is 9.59 Å². The number of rotatable bonds is 4. The monoisotopic (exact) mass is 396 g/mol. The number of carbonyl (C=O) groups is 2. The van der Waals surface area contributed by atoms with E-state index in [9.17, 15) is 9.59 Å². The number of piperazine rings is 1. The number of pyridine rings is 1. The molecule has 0 bridgehead atoms. The fourth-order valence-electron chi connectivity index (χ4n) is 4.72. The minimum atomic E-state index is 0.114. The molecule has 1 aliphatic carbocycles. The van der Waals surface area contributed by atoms with Crippen molar-refractivity contribution in [2.24, 2.45) is 17.3 Å². The summed E-state index contributed by atoms with van der Waals surface area (Å²) in [7, 11) is 0. The van der Waals surface area contributed by atoms with E-state index < -0.39 is 0 Å². The van der Waals surface area contributed by atoms with Gasteiger partial charge in [-0.2, -0.15) is 0 Å². The number of piperidine rings is 1. The van der Waals surface area contributed by atoms with Crippen LogP contribution >= 0.6 is 0 Å². The molecule has 4 rings (SSSR count). The van der Waals surface area contributed by atoms with Gasteiger partial charge >= 0.3 is 0 Å². The predicted molar refractivity (Wildman–Crippen MR) is 113 cm³/mol. The van der Waals surface area contributed by atoms with Crippen LogP contribution in [0.5, 0.6) is 0 Å². The van der Waals surface area contributed by atoms with Gasteiger partial charge in [-0.1, -0.05) is 26.0 Å². The highest BCUT2D eigenvalue weighted by molar-refractivity contribution is 5.88. The topological polar surface area (TPSA) is 56.8 Å². The first-order chi connectivity index (χ1) is 14.0. The second kappa shape index (κ2) is 8.17. The van der Waals surface area contributed by atoms with Crippen LogP contribution in [0.3, 0.4) is 0 Å². The molecule has 1 atom stereocenters. The number of likely N-dealkylation sites (tertiary alicyclic amines) is 1. The third kappa shape index (κ3) is 4.31. The van der Waals surface area contributed by atoms with Gasteiger partial charge in [0.05, 0.1) is 0 Å². The third-order valence-electron chi connectivity index (χ3n) is 6.75. The summed E-state index contributed by atoms with van der Waals surface area (Å²) < 4.78 is 0. The lowest BCUT2D eigenvalue weighted by molar-refractivity contribution is -0.134. The molecule has 1 saturated carbocycles. The Kier molecular flexibility index (Phi) is 5.61. The molecule has 1 spiro atoms. The molecule has 1 aromatic heterocycles. The molecule has 0 N–H and O–H groups in total. The molecule has 156 valence electrons. The summed E-state index contributed by atoms with van der Waals surface area (Å²) in [5.41, 5.74) is 0.147. The number of anilines is 1. The van der Waals surface area contributed by atoms with E-state index in [-0.39, 0.29) is 17.2 Å². The third-order valence-corrected chi connectivity index (χ3v) is 6.75. The van der Waals surface area contributed by atoms with E-state index in [2.05, 4.69) is 23.7 Å². The molecule has 3 fully saturated rings. The Balaban J connectivity index is 1.26. The van der Waals surface area contributed by atoms with Gasteiger partial charge in [0.1, 0.15) is 5.82 Å². The number of nitrogens with zero attached hydrogens (tertiary/aromatic N) is 4. The lowest BCUT2D eigenvalue weighted by atomic mass is 9.90. The molecule has 0 aromatic carbocycles. The van der Waals surface area contributed by atoms with Gasteiger partial charge in [0, 0.05) is 51.4 Å². The van der Waals surface area contributed by atoms with Gasteiger partial charge in [0.15, 0.2) is 0 Å². The highest BCUT2D eigenvalue weighted by Gasteiger charge is 2.59. The van der Waals surface area contributed by atoms with Crippen LogP contribution in [0.4, 0.5) is 5.82 Å². The Morgan fingerprint density at radius 1 is 1.07 bits per heavy atom. The standard InChI is InChI=1S/C23H32N4O2/c1-18(2)6-7-21(28)26-11-8-23(9-12-26)17-19(23)22(29)27-15-13-25(14-16-27)20-5-3-4-10-24-20/h3-7,10,18-19H,8-9,11-17H2,1-2H3/b7-6+/t19-/m1/s1. The van der Waals surface area contributed by atoms with Gasteiger partial charge in [-0.15, -0.1) is 0 Å². The summed E-state index contributed by atoms with van der Waals surface area (Å²) >= 11 is 0. The Hall–Kier alpha value is -2.37. The van der Waals surface area contributed by atoms with Crippen LogP contribution in [-0.4, -0.2) is 65.9 Å². The number of aromatic nitrogens is 1. The predicted octanol–water partition coefficient (Wildman–Crippen LogP) is 2.57. The second-order valence-corrected chi connectivity index (χ2v) is 9.05. The Labute approximate surface area is 173 Å². The summed E-state index contributed by atoms with van der Waals surface area (Å²) in [5.74, 6) is 1.98. The smallest absolute Gasteiger partial charge is 0.246 e. The molecule has 6 nitrogen and oxygen atoms in total. The summed E-state index contributed by atoms with van der Waals surface area (Å²) in [5, 5.41) is 0. The first-order valence-electron chi connectivity index (χ1n) is 10.9. The van der Waals surface area contributed by atoms with Crippen LogP contribution in [0.15, 0.2) is 36.5 Å². The molecule has 3 aliphatic rings. The quantitative estimate of drug-likeness (QED) is 0.734. The first-order valence-corrected chi connectivity index (χ1v) is 10.9. The fourth-order valence-corrected chi connectivity index (χ4v) is 4.72. The van der Waals surface area contributed by atoms with Crippen molar-refractivity contribution in [3.05, 3.63) is 36.5 Å². The van der Waals surface area contributed by atoms with E-state index in [0.717, 1.165) is 64.3 Å². The van der Waals surface area contributed by atoms with E-state index >= 15 is 0 Å². The lowest BCUT2D eigenvalue weighted by Crippen LogP contribution is -2.50. The van der Waals surface area contributed by atoms with Crippen LogP contribution in [0.2, 0.25) is 0 Å². The van der Waals surface area contributed by atoms with E-state index in [0.29, 0.717) is 11.8 Å². The largest absolute Gasteiger partial charge is 0.353 e. The highest BCUT2D eigenvalue weighted by atomic mass is 16.2. The summed E-state index contributed by atoms with van der Waals surface area (Å²) in [6, 6.07) is 5.96. The lowest BCUT2D eigenvalue weighted by Gasteiger charge is -2.37. The summed E-state index contributed by atoms with van der Waals surface area (Å²) in [6.07, 6.45) is 8.39. The Bertz CT molecular complexity index is 760. The van der Waals surface area contributed by atoms with Crippen molar-refractivity contribution in [2.75, 3.05) is 44.2 Å². The van der Waals surface area contributed by atoms with Crippen LogP contribution < -0.4 is 4.90 Å². The van der Waals surface area contributed by atoms with Crippen molar-refractivity contribution >= 4 is 17.6 Å². The maximum Gasteiger partial charge on any atom is 0.246 e. The van der Waals surface area contributed by atoms with Crippen molar-refractivity contribution in [1.29, 1.82) is 0 Å². The van der Waals surface area contributed by atoms with Crippen molar-refractivity contribution in [2.45, 2.75) is 33.1 Å². The molecule has 2 aliphatic heterocycles. The molecule has 0 radical (unpaired) electrons. The Morgan fingerprint density at radius 3 is 2.41 bits per heavy atom. The Morgan fingerprint density at radius 2 is 1.79 bits per heavy atom. The van der Waals surface area contributed by atoms with Crippen LogP contribution in [0, 0.1) is 17.3 Å². The zero-order valence-corrected chi connectivity index (χ0v) is 17.6. The van der Waals surface area contributed by atoms with Crippen molar-refractivity contribution < 1.29 is 9.59 Å². The van der Waals surface area contributed by atoms with Crippen molar-refractivity contribution in [3.63, 3.8) is 0 Å².